The molecule has 1 unspecified atom stereocenters. The molecule has 1 aromatic carbocycles. The van der Waals surface area contributed by atoms with Gasteiger partial charge in [-0.1, -0.05) is 17.3 Å². The first-order valence-corrected chi connectivity index (χ1v) is 5.60. The minimum absolute atomic E-state index is 0.138. The monoisotopic (exact) mass is 231 g/mol. The largest absolute Gasteiger partial charge is 0.485 e. The van der Waals surface area contributed by atoms with E-state index in [2.05, 4.69) is 20.7 Å². The van der Waals surface area contributed by atoms with Crippen LogP contribution in [0.2, 0.25) is 0 Å². The minimum atomic E-state index is 0.138. The fourth-order valence-electron chi connectivity index (χ4n) is 2.19. The third-order valence-electron chi connectivity index (χ3n) is 3.04. The van der Waals surface area contributed by atoms with Gasteiger partial charge >= 0.3 is 0 Å². The van der Waals surface area contributed by atoms with Gasteiger partial charge in [-0.2, -0.15) is 4.98 Å². The molecule has 1 heterocycles. The molecule has 1 aliphatic carbocycles. The van der Waals surface area contributed by atoms with Gasteiger partial charge < -0.3 is 15.0 Å². The number of hydrogen-bond acceptors (Lipinski definition) is 5. The second kappa shape index (κ2) is 4.18. The van der Waals surface area contributed by atoms with Crippen molar-refractivity contribution in [2.45, 2.75) is 25.5 Å². The number of rotatable bonds is 3. The Hall–Kier alpha value is -1.88. The van der Waals surface area contributed by atoms with Crippen LogP contribution in [0.4, 0.5) is 0 Å². The summed E-state index contributed by atoms with van der Waals surface area (Å²) in [4.78, 5) is 3.91. The molecule has 1 atom stereocenters. The number of aromatic nitrogens is 2. The van der Waals surface area contributed by atoms with E-state index in [0.717, 1.165) is 18.6 Å². The smallest absolute Gasteiger partial charge is 0.213 e. The Morgan fingerprint density at radius 3 is 3.24 bits per heavy atom. The molecule has 2 aromatic rings. The van der Waals surface area contributed by atoms with Gasteiger partial charge in [0.15, 0.2) is 6.61 Å². The zero-order valence-corrected chi connectivity index (χ0v) is 9.30. The predicted octanol–water partition coefficient (Wildman–Crippen LogP) is 1.59. The average Bonchev–Trinajstić information content (AvgIpc) is 2.97. The Morgan fingerprint density at radius 1 is 1.47 bits per heavy atom. The van der Waals surface area contributed by atoms with Crippen molar-refractivity contribution in [3.8, 4) is 5.75 Å². The van der Waals surface area contributed by atoms with Gasteiger partial charge in [-0.25, -0.2) is 0 Å². The highest BCUT2D eigenvalue weighted by Crippen LogP contribution is 2.35. The van der Waals surface area contributed by atoms with Crippen molar-refractivity contribution in [1.29, 1.82) is 0 Å². The van der Waals surface area contributed by atoms with Gasteiger partial charge in [0.1, 0.15) is 5.75 Å². The third kappa shape index (κ3) is 1.89. The first-order chi connectivity index (χ1) is 8.34. The van der Waals surface area contributed by atoms with Crippen molar-refractivity contribution in [1.82, 2.24) is 10.1 Å². The Labute approximate surface area is 98.6 Å². The molecule has 0 radical (unpaired) electrons. The van der Waals surface area contributed by atoms with Gasteiger partial charge in [-0.05, 0) is 30.0 Å². The molecule has 0 fully saturated rings. The normalized spacial score (nSPS) is 18.1. The lowest BCUT2D eigenvalue weighted by Gasteiger charge is -2.10. The summed E-state index contributed by atoms with van der Waals surface area (Å²) < 4.78 is 10.4. The van der Waals surface area contributed by atoms with Crippen LogP contribution >= 0.6 is 0 Å². The number of nitrogens with zero attached hydrogens (tertiary/aromatic N) is 2. The fraction of sp³-hybridized carbons (Fsp3) is 0.333. The molecule has 0 saturated carbocycles. The maximum absolute atomic E-state index is 6.01. The Balaban J connectivity index is 1.80. The van der Waals surface area contributed by atoms with E-state index in [1.807, 2.05) is 12.1 Å². The van der Waals surface area contributed by atoms with Crippen molar-refractivity contribution >= 4 is 0 Å². The van der Waals surface area contributed by atoms with Crippen LogP contribution < -0.4 is 10.5 Å². The second-order valence-electron chi connectivity index (χ2n) is 4.11. The lowest BCUT2D eigenvalue weighted by atomic mass is 10.1. The van der Waals surface area contributed by atoms with Crippen LogP contribution in [-0.2, 0) is 13.0 Å². The molecule has 5 heteroatoms. The van der Waals surface area contributed by atoms with Gasteiger partial charge in [0.2, 0.25) is 12.2 Å². The van der Waals surface area contributed by atoms with Crippen molar-refractivity contribution in [2.75, 3.05) is 0 Å². The summed E-state index contributed by atoms with van der Waals surface area (Å²) in [6.45, 7) is 0.322. The van der Waals surface area contributed by atoms with Gasteiger partial charge in [-0.3, -0.25) is 0 Å². The van der Waals surface area contributed by atoms with Crippen LogP contribution in [0.25, 0.3) is 0 Å². The van der Waals surface area contributed by atoms with Crippen molar-refractivity contribution in [3.63, 3.8) is 0 Å². The molecule has 17 heavy (non-hydrogen) atoms. The Bertz CT molecular complexity index is 510. The quantitative estimate of drug-likeness (QED) is 0.868. The Kier molecular flexibility index (Phi) is 2.53. The van der Waals surface area contributed by atoms with E-state index in [-0.39, 0.29) is 6.04 Å². The molecule has 2 N–H and O–H groups in total. The number of benzene rings is 1. The van der Waals surface area contributed by atoms with E-state index in [1.54, 1.807) is 0 Å². The van der Waals surface area contributed by atoms with Crippen LogP contribution in [0.1, 0.15) is 29.4 Å². The van der Waals surface area contributed by atoms with E-state index in [4.69, 9.17) is 10.5 Å². The van der Waals surface area contributed by atoms with E-state index in [0.29, 0.717) is 12.4 Å². The molecule has 5 nitrogen and oxygen atoms in total. The van der Waals surface area contributed by atoms with Crippen LogP contribution in [0, 0.1) is 0 Å². The summed E-state index contributed by atoms with van der Waals surface area (Å²) in [7, 11) is 0. The molecule has 0 aliphatic heterocycles. The molecule has 88 valence electrons. The maximum atomic E-state index is 6.01. The van der Waals surface area contributed by atoms with Gasteiger partial charge in [0, 0.05) is 6.04 Å². The third-order valence-corrected chi connectivity index (χ3v) is 3.04. The topological polar surface area (TPSA) is 74.2 Å². The number of hydrogen-bond donors (Lipinski definition) is 1. The van der Waals surface area contributed by atoms with Crippen molar-refractivity contribution in [2.24, 2.45) is 5.73 Å². The summed E-state index contributed by atoms with van der Waals surface area (Å²) >= 11 is 0. The lowest BCUT2D eigenvalue weighted by Crippen LogP contribution is -2.05. The van der Waals surface area contributed by atoms with Crippen LogP contribution in [-0.4, -0.2) is 10.1 Å². The highest BCUT2D eigenvalue weighted by atomic mass is 16.5. The molecule has 3 rings (SSSR count). The molecule has 0 amide bonds. The number of nitrogens with two attached hydrogens (primary N) is 1. The molecule has 1 aliphatic rings. The van der Waals surface area contributed by atoms with Gasteiger partial charge in [-0.15, -0.1) is 0 Å². The zero-order valence-electron chi connectivity index (χ0n) is 9.30. The van der Waals surface area contributed by atoms with Crippen LogP contribution in [0.15, 0.2) is 29.1 Å². The van der Waals surface area contributed by atoms with Gasteiger partial charge in [0.25, 0.3) is 0 Å². The fourth-order valence-corrected chi connectivity index (χ4v) is 2.19. The van der Waals surface area contributed by atoms with Crippen molar-refractivity contribution < 1.29 is 9.26 Å². The highest BCUT2D eigenvalue weighted by Gasteiger charge is 2.22. The predicted molar refractivity (Wildman–Crippen MR) is 60.3 cm³/mol. The second-order valence-corrected chi connectivity index (χ2v) is 4.11. The van der Waals surface area contributed by atoms with Crippen LogP contribution in [0.3, 0.4) is 0 Å². The average molecular weight is 231 g/mol. The molecule has 0 saturated heterocycles. The number of fused-ring (bicyclic) bond motifs is 1. The summed E-state index contributed by atoms with van der Waals surface area (Å²) in [5.41, 5.74) is 8.41. The van der Waals surface area contributed by atoms with Crippen molar-refractivity contribution in [3.05, 3.63) is 41.5 Å². The molecular formula is C12H13N3O2. The summed E-state index contributed by atoms with van der Waals surface area (Å²) in [5.74, 6) is 1.42. The lowest BCUT2D eigenvalue weighted by molar-refractivity contribution is 0.284. The zero-order chi connectivity index (χ0) is 11.7. The molecule has 0 bridgehead atoms. The summed E-state index contributed by atoms with van der Waals surface area (Å²) in [6.07, 6.45) is 3.25. The van der Waals surface area contributed by atoms with E-state index < -0.39 is 0 Å². The number of ether oxygens (including phenoxy) is 1. The van der Waals surface area contributed by atoms with E-state index in [9.17, 15) is 0 Å². The maximum Gasteiger partial charge on any atom is 0.213 e. The van der Waals surface area contributed by atoms with E-state index >= 15 is 0 Å². The first kappa shape index (κ1) is 10.3. The molecular weight excluding hydrogens is 218 g/mol. The SMILES string of the molecule is NC1CCc2c(OCc3ncon3)cccc21. The molecule has 1 aromatic heterocycles. The van der Waals surface area contributed by atoms with Gasteiger partial charge in [0.05, 0.1) is 0 Å². The first-order valence-electron chi connectivity index (χ1n) is 5.60. The Morgan fingerprint density at radius 2 is 2.41 bits per heavy atom. The minimum Gasteiger partial charge on any atom is -0.485 e. The summed E-state index contributed by atoms with van der Waals surface area (Å²) in [6, 6.07) is 6.12. The standard InChI is InChI=1S/C12H13N3O2/c13-10-5-4-9-8(10)2-1-3-11(9)16-6-12-14-7-17-15-12/h1-3,7,10H,4-6,13H2. The molecule has 0 spiro atoms. The summed E-state index contributed by atoms with van der Waals surface area (Å²) in [5, 5.41) is 3.70. The highest BCUT2D eigenvalue weighted by molar-refractivity contribution is 5.44. The van der Waals surface area contributed by atoms with Crippen LogP contribution in [0.5, 0.6) is 5.75 Å². The van der Waals surface area contributed by atoms with E-state index in [1.165, 1.54) is 17.5 Å².